The molecular formula is C28H26N2O5S. The summed E-state index contributed by atoms with van der Waals surface area (Å²) in [5.41, 5.74) is 3.40. The van der Waals surface area contributed by atoms with Gasteiger partial charge >= 0.3 is 0 Å². The molecule has 1 saturated heterocycles. The lowest BCUT2D eigenvalue weighted by atomic mass is 10.1. The number of nitrogens with one attached hydrogen (secondary N) is 1. The smallest absolute Gasteiger partial charge is 0.294 e. The first-order valence-electron chi connectivity index (χ1n) is 11.5. The lowest BCUT2D eigenvalue weighted by molar-refractivity contribution is -0.127. The Hall–Kier alpha value is -4.04. The Morgan fingerprint density at radius 2 is 1.78 bits per heavy atom. The van der Waals surface area contributed by atoms with E-state index in [1.807, 2.05) is 62.4 Å². The molecule has 0 spiro atoms. The summed E-state index contributed by atoms with van der Waals surface area (Å²) in [6, 6.07) is 22.2. The highest BCUT2D eigenvalue weighted by Crippen LogP contribution is 2.34. The van der Waals surface area contributed by atoms with Gasteiger partial charge in [-0.15, -0.1) is 0 Å². The molecule has 0 saturated carbocycles. The van der Waals surface area contributed by atoms with Crippen LogP contribution in [-0.2, 0) is 16.2 Å². The number of nitrogens with zero attached hydrogens (tertiary/aromatic N) is 1. The maximum absolute atomic E-state index is 12.9. The zero-order chi connectivity index (χ0) is 25.5. The van der Waals surface area contributed by atoms with E-state index in [2.05, 4.69) is 5.32 Å². The number of aryl methyl sites for hydroxylation is 1. The van der Waals surface area contributed by atoms with Crippen molar-refractivity contribution in [1.29, 1.82) is 0 Å². The lowest BCUT2D eigenvalue weighted by Gasteiger charge is -2.13. The van der Waals surface area contributed by atoms with Crippen LogP contribution in [0.25, 0.3) is 6.08 Å². The van der Waals surface area contributed by atoms with Crippen molar-refractivity contribution in [3.05, 3.63) is 94.4 Å². The van der Waals surface area contributed by atoms with Gasteiger partial charge in [0.1, 0.15) is 24.7 Å². The van der Waals surface area contributed by atoms with E-state index >= 15 is 0 Å². The molecule has 0 atom stereocenters. The highest BCUT2D eigenvalue weighted by atomic mass is 32.2. The number of anilines is 1. The fourth-order valence-electron chi connectivity index (χ4n) is 3.62. The fourth-order valence-corrected chi connectivity index (χ4v) is 4.45. The van der Waals surface area contributed by atoms with Crippen LogP contribution in [0.2, 0.25) is 0 Å². The van der Waals surface area contributed by atoms with Crippen molar-refractivity contribution in [2.45, 2.75) is 20.5 Å². The van der Waals surface area contributed by atoms with Crippen LogP contribution in [0.1, 0.15) is 23.6 Å². The largest absolute Gasteiger partial charge is 0.494 e. The Bertz CT molecular complexity index is 1300. The van der Waals surface area contributed by atoms with Gasteiger partial charge in [-0.1, -0.05) is 48.0 Å². The van der Waals surface area contributed by atoms with E-state index in [1.165, 1.54) is 0 Å². The maximum atomic E-state index is 12.9. The highest BCUT2D eigenvalue weighted by molar-refractivity contribution is 8.18. The second-order valence-corrected chi connectivity index (χ2v) is 9.08. The second kappa shape index (κ2) is 11.6. The third kappa shape index (κ3) is 6.34. The number of hydrogen-bond donors (Lipinski definition) is 1. The van der Waals surface area contributed by atoms with E-state index in [0.29, 0.717) is 36.0 Å². The molecule has 1 aliphatic heterocycles. The summed E-state index contributed by atoms with van der Waals surface area (Å²) in [6.45, 7) is 4.45. The Balaban J connectivity index is 1.41. The number of benzene rings is 3. The van der Waals surface area contributed by atoms with E-state index in [9.17, 15) is 14.4 Å². The number of carbonyl (C=O) groups is 3. The number of hydrogen-bond acceptors (Lipinski definition) is 6. The van der Waals surface area contributed by atoms with Crippen LogP contribution in [0.5, 0.6) is 11.5 Å². The van der Waals surface area contributed by atoms with Crippen LogP contribution < -0.4 is 14.8 Å². The van der Waals surface area contributed by atoms with Gasteiger partial charge in [0.05, 0.1) is 11.5 Å². The molecule has 0 bridgehead atoms. The van der Waals surface area contributed by atoms with E-state index in [1.54, 1.807) is 30.3 Å². The molecule has 8 heteroatoms. The average Bonchev–Trinajstić information content (AvgIpc) is 3.12. The predicted octanol–water partition coefficient (Wildman–Crippen LogP) is 5.65. The SMILES string of the molecule is CCOc1ccc(NC(=O)CN2C(=O)S/C(=C/c3ccccc3OCc3cccc(C)c3)C2=O)cc1. The van der Waals surface area contributed by atoms with Gasteiger partial charge in [0.2, 0.25) is 5.91 Å². The number of imide groups is 1. The first kappa shape index (κ1) is 25.1. The first-order chi connectivity index (χ1) is 17.4. The molecule has 1 aliphatic rings. The van der Waals surface area contributed by atoms with Crippen molar-refractivity contribution in [3.63, 3.8) is 0 Å². The van der Waals surface area contributed by atoms with E-state index < -0.39 is 17.1 Å². The Kier molecular flexibility index (Phi) is 8.07. The Morgan fingerprint density at radius 1 is 1.00 bits per heavy atom. The zero-order valence-electron chi connectivity index (χ0n) is 20.0. The molecular weight excluding hydrogens is 476 g/mol. The molecule has 1 heterocycles. The molecule has 0 radical (unpaired) electrons. The molecule has 36 heavy (non-hydrogen) atoms. The third-order valence-electron chi connectivity index (χ3n) is 5.31. The Morgan fingerprint density at radius 3 is 2.53 bits per heavy atom. The predicted molar refractivity (Wildman–Crippen MR) is 141 cm³/mol. The summed E-state index contributed by atoms with van der Waals surface area (Å²) >= 11 is 0.804. The fraction of sp³-hybridized carbons (Fsp3) is 0.179. The molecule has 0 aromatic heterocycles. The molecule has 7 nitrogen and oxygen atoms in total. The molecule has 4 rings (SSSR count). The molecule has 0 aliphatic carbocycles. The number of carbonyl (C=O) groups excluding carboxylic acids is 3. The van der Waals surface area contributed by atoms with Gasteiger partial charge in [-0.3, -0.25) is 19.3 Å². The third-order valence-corrected chi connectivity index (χ3v) is 6.21. The van der Waals surface area contributed by atoms with E-state index in [-0.39, 0.29) is 11.4 Å². The van der Waals surface area contributed by atoms with Gasteiger partial charge in [0.15, 0.2) is 0 Å². The molecule has 3 amide bonds. The Labute approximate surface area is 214 Å². The van der Waals surface area contributed by atoms with Crippen molar-refractivity contribution in [2.24, 2.45) is 0 Å². The van der Waals surface area contributed by atoms with Gasteiger partial charge in [-0.05, 0) is 67.6 Å². The number of ether oxygens (including phenoxy) is 2. The highest BCUT2D eigenvalue weighted by Gasteiger charge is 2.36. The molecule has 1 N–H and O–H groups in total. The minimum atomic E-state index is -0.514. The van der Waals surface area contributed by atoms with Gasteiger partial charge in [0, 0.05) is 11.3 Å². The summed E-state index contributed by atoms with van der Waals surface area (Å²) < 4.78 is 11.4. The van der Waals surface area contributed by atoms with Crippen molar-refractivity contribution in [2.75, 3.05) is 18.5 Å². The molecule has 184 valence electrons. The van der Waals surface area contributed by atoms with Crippen molar-refractivity contribution in [1.82, 2.24) is 4.90 Å². The quantitative estimate of drug-likeness (QED) is 0.381. The lowest BCUT2D eigenvalue weighted by Crippen LogP contribution is -2.36. The summed E-state index contributed by atoms with van der Waals surface area (Å²) in [6.07, 6.45) is 1.63. The maximum Gasteiger partial charge on any atom is 0.294 e. The van der Waals surface area contributed by atoms with Crippen molar-refractivity contribution in [3.8, 4) is 11.5 Å². The van der Waals surface area contributed by atoms with Crippen LogP contribution >= 0.6 is 11.8 Å². The van der Waals surface area contributed by atoms with E-state index in [0.717, 1.165) is 27.8 Å². The number of para-hydroxylation sites is 1. The van der Waals surface area contributed by atoms with Crippen LogP contribution in [0, 0.1) is 6.92 Å². The summed E-state index contributed by atoms with van der Waals surface area (Å²) in [4.78, 5) is 39.1. The minimum Gasteiger partial charge on any atom is -0.494 e. The first-order valence-corrected chi connectivity index (χ1v) is 12.3. The van der Waals surface area contributed by atoms with Gasteiger partial charge in [-0.2, -0.15) is 0 Å². The van der Waals surface area contributed by atoms with Crippen LogP contribution in [-0.4, -0.2) is 35.1 Å². The number of amides is 3. The number of thioether (sulfide) groups is 1. The van der Waals surface area contributed by atoms with Crippen LogP contribution in [0.4, 0.5) is 10.5 Å². The molecule has 3 aromatic rings. The van der Waals surface area contributed by atoms with Crippen molar-refractivity contribution >= 4 is 40.6 Å². The normalized spacial score (nSPS) is 14.3. The molecule has 3 aromatic carbocycles. The summed E-state index contributed by atoms with van der Waals surface area (Å²) in [5.74, 6) is 0.304. The monoisotopic (exact) mass is 502 g/mol. The van der Waals surface area contributed by atoms with Gasteiger partial charge in [-0.25, -0.2) is 0 Å². The zero-order valence-corrected chi connectivity index (χ0v) is 20.8. The second-order valence-electron chi connectivity index (χ2n) is 8.09. The minimum absolute atomic E-state index is 0.237. The summed E-state index contributed by atoms with van der Waals surface area (Å²) in [5, 5.41) is 2.21. The van der Waals surface area contributed by atoms with E-state index in [4.69, 9.17) is 9.47 Å². The standard InChI is InChI=1S/C28H26N2O5S/c1-3-34-23-13-11-22(12-14-23)29-26(31)17-30-27(32)25(36-28(30)33)16-21-9-4-5-10-24(21)35-18-20-8-6-7-19(2)15-20/h4-16H,3,17-18H2,1-2H3,(H,29,31)/b25-16+. The van der Waals surface area contributed by atoms with Gasteiger partial charge in [0.25, 0.3) is 11.1 Å². The topological polar surface area (TPSA) is 84.9 Å². The summed E-state index contributed by atoms with van der Waals surface area (Å²) in [7, 11) is 0. The molecule has 1 fully saturated rings. The van der Waals surface area contributed by atoms with Crippen LogP contribution in [0.15, 0.2) is 77.7 Å². The van der Waals surface area contributed by atoms with Crippen molar-refractivity contribution < 1.29 is 23.9 Å². The molecule has 0 unspecified atom stereocenters. The van der Waals surface area contributed by atoms with Crippen LogP contribution in [0.3, 0.4) is 0 Å². The average molecular weight is 503 g/mol. The number of rotatable bonds is 9. The van der Waals surface area contributed by atoms with Gasteiger partial charge < -0.3 is 14.8 Å².